The first-order valence-corrected chi connectivity index (χ1v) is 4.77. The lowest BCUT2D eigenvalue weighted by Gasteiger charge is -1.91. The number of benzene rings is 1. The van der Waals surface area contributed by atoms with Gasteiger partial charge in [0, 0.05) is 22.6 Å². The van der Waals surface area contributed by atoms with Gasteiger partial charge in [-0.25, -0.2) is 0 Å². The third-order valence-corrected chi connectivity index (χ3v) is 2.21. The maximum atomic E-state index is 10.7. The molecule has 0 aliphatic heterocycles. The van der Waals surface area contributed by atoms with Crippen molar-refractivity contribution in [2.24, 2.45) is 16.0 Å². The molecule has 0 amide bonds. The Labute approximate surface area is 99.6 Å². The molecule has 9 nitrogen and oxygen atoms in total. The van der Waals surface area contributed by atoms with Crippen LogP contribution < -0.4 is 11.1 Å². The normalized spacial score (nSPS) is 11.1. The highest BCUT2D eigenvalue weighted by molar-refractivity contribution is 5.95. The van der Waals surface area contributed by atoms with Gasteiger partial charge in [-0.1, -0.05) is 5.11 Å². The first-order valence-electron chi connectivity index (χ1n) is 4.77. The topological polar surface area (TPSA) is 155 Å². The van der Waals surface area contributed by atoms with Gasteiger partial charge in [-0.05, 0) is 6.07 Å². The highest BCUT2D eigenvalue weighted by Gasteiger charge is 2.15. The van der Waals surface area contributed by atoms with E-state index in [4.69, 9.17) is 11.1 Å². The second kappa shape index (κ2) is 4.13. The molecule has 1 aromatic heterocycles. The van der Waals surface area contributed by atoms with Gasteiger partial charge in [0.15, 0.2) is 5.69 Å². The molecular weight excluding hydrogens is 240 g/mol. The number of non-ortho nitro benzene ring substituents is 1. The molecule has 18 heavy (non-hydrogen) atoms. The number of guanidine groups is 1. The second-order valence-corrected chi connectivity index (χ2v) is 3.43. The molecule has 0 atom stereocenters. The maximum absolute atomic E-state index is 10.7. The highest BCUT2D eigenvalue weighted by atomic mass is 16.6. The minimum Gasteiger partial charge on any atom is -0.493 e. The summed E-state index contributed by atoms with van der Waals surface area (Å²) >= 11 is 0. The Bertz CT molecular complexity index is 674. The van der Waals surface area contributed by atoms with Crippen LogP contribution in [0.1, 0.15) is 0 Å². The lowest BCUT2D eigenvalue weighted by atomic mass is 10.2. The lowest BCUT2D eigenvalue weighted by molar-refractivity contribution is -0.384. The number of azo groups is 1. The Morgan fingerprint density at radius 2 is 2.28 bits per heavy atom. The van der Waals surface area contributed by atoms with E-state index in [1.165, 1.54) is 18.2 Å². The Morgan fingerprint density at radius 1 is 1.56 bits per heavy atom. The quantitative estimate of drug-likeness (QED) is 0.193. The minimum absolute atomic E-state index is 0.0436. The van der Waals surface area contributed by atoms with Crippen molar-refractivity contribution in [2.75, 3.05) is 0 Å². The number of aromatic hydroxyl groups is 1. The van der Waals surface area contributed by atoms with Crippen LogP contribution in [-0.4, -0.2) is 21.0 Å². The number of nitrogens with zero attached hydrogens (tertiary/aromatic N) is 3. The van der Waals surface area contributed by atoms with Crippen LogP contribution in [0.4, 0.5) is 11.4 Å². The monoisotopic (exact) mass is 249 g/mol. The highest BCUT2D eigenvalue weighted by Crippen LogP contribution is 2.37. The summed E-state index contributed by atoms with van der Waals surface area (Å²) in [4.78, 5) is 12.7. The van der Waals surface area contributed by atoms with Gasteiger partial charge in [0.05, 0.1) is 10.4 Å². The van der Waals surface area contributed by atoms with Crippen molar-refractivity contribution in [3.8, 4) is 5.88 Å². The van der Waals surface area contributed by atoms with Crippen LogP contribution in [0.2, 0.25) is 0 Å². The number of aromatic amines is 1. The lowest BCUT2D eigenvalue weighted by Crippen LogP contribution is -2.43. The van der Waals surface area contributed by atoms with Crippen molar-refractivity contribution in [2.45, 2.75) is 0 Å². The Morgan fingerprint density at radius 3 is 2.89 bits per heavy atom. The van der Waals surface area contributed by atoms with Crippen molar-refractivity contribution in [3.63, 3.8) is 0 Å². The number of rotatable bonds is 2. The van der Waals surface area contributed by atoms with Crippen LogP contribution in [-0.2, 0) is 0 Å². The van der Waals surface area contributed by atoms with Crippen LogP contribution in [0.15, 0.2) is 28.4 Å². The molecule has 0 spiro atoms. The molecule has 0 radical (unpaired) electrons. The van der Waals surface area contributed by atoms with E-state index in [1.54, 1.807) is 0 Å². The van der Waals surface area contributed by atoms with E-state index in [0.717, 1.165) is 0 Å². The number of hydrogen-bond acceptors (Lipinski definition) is 4. The second-order valence-electron chi connectivity index (χ2n) is 3.43. The standard InChI is InChI=1S/C9H8N6O3/c10-9(11)14-13-7-5-3-4(15(17)18)1-2-6(5)12-8(7)16/h1-3,12,16H,(H3,10,11)/p+1. The fourth-order valence-electron chi connectivity index (χ4n) is 1.47. The van der Waals surface area contributed by atoms with Gasteiger partial charge in [-0.3, -0.25) is 21.3 Å². The number of nitrogens with two attached hydrogens (primary N) is 2. The number of nitro benzene ring substituents is 1. The smallest absolute Gasteiger partial charge is 0.403 e. The zero-order valence-electron chi connectivity index (χ0n) is 8.99. The minimum atomic E-state index is -0.548. The van der Waals surface area contributed by atoms with Gasteiger partial charge in [-0.2, -0.15) is 0 Å². The third kappa shape index (κ3) is 1.96. The SMILES string of the molecule is NC(=[NH2+])N=Nc1c(O)[nH]c2ccc([N+](=O)[O-])cc12. The van der Waals surface area contributed by atoms with Crippen molar-refractivity contribution < 1.29 is 15.4 Å². The van der Waals surface area contributed by atoms with E-state index in [9.17, 15) is 15.2 Å². The van der Waals surface area contributed by atoms with E-state index in [0.29, 0.717) is 10.9 Å². The molecule has 1 heterocycles. The van der Waals surface area contributed by atoms with E-state index in [1.807, 2.05) is 0 Å². The van der Waals surface area contributed by atoms with Gasteiger partial charge in [0.1, 0.15) is 0 Å². The van der Waals surface area contributed by atoms with E-state index >= 15 is 0 Å². The van der Waals surface area contributed by atoms with Gasteiger partial charge in [-0.15, -0.1) is 0 Å². The van der Waals surface area contributed by atoms with Gasteiger partial charge < -0.3 is 10.1 Å². The zero-order valence-corrected chi connectivity index (χ0v) is 8.99. The number of fused-ring (bicyclic) bond motifs is 1. The van der Waals surface area contributed by atoms with E-state index < -0.39 is 4.92 Å². The summed E-state index contributed by atoms with van der Waals surface area (Å²) in [7, 11) is 0. The number of hydrogen-bond donors (Lipinski definition) is 4. The molecule has 0 fully saturated rings. The summed E-state index contributed by atoms with van der Waals surface area (Å²) in [5.41, 5.74) is 5.52. The number of aromatic nitrogens is 1. The van der Waals surface area contributed by atoms with Crippen molar-refractivity contribution in [1.29, 1.82) is 0 Å². The fraction of sp³-hybridized carbons (Fsp3) is 0. The summed E-state index contributed by atoms with van der Waals surface area (Å²) in [5, 5.41) is 32.8. The van der Waals surface area contributed by atoms with Crippen LogP contribution >= 0.6 is 0 Å². The predicted molar refractivity (Wildman–Crippen MR) is 62.3 cm³/mol. The molecule has 2 aromatic rings. The molecule has 0 unspecified atom stereocenters. The summed E-state index contributed by atoms with van der Waals surface area (Å²) < 4.78 is 0. The molecule has 0 aliphatic carbocycles. The Kier molecular flexibility index (Phi) is 2.64. The van der Waals surface area contributed by atoms with Crippen LogP contribution in [0.5, 0.6) is 5.88 Å². The molecular formula is C9H9N6O3+. The Balaban J connectivity index is 2.63. The van der Waals surface area contributed by atoms with Crippen LogP contribution in [0.3, 0.4) is 0 Å². The van der Waals surface area contributed by atoms with E-state index in [2.05, 4.69) is 15.2 Å². The summed E-state index contributed by atoms with van der Waals surface area (Å²) in [6.07, 6.45) is 0. The van der Waals surface area contributed by atoms with Crippen LogP contribution in [0.25, 0.3) is 10.9 Å². The fourth-order valence-corrected chi connectivity index (χ4v) is 1.47. The molecule has 6 N–H and O–H groups in total. The molecule has 9 heteroatoms. The molecule has 0 saturated carbocycles. The van der Waals surface area contributed by atoms with Crippen molar-refractivity contribution >= 4 is 28.2 Å². The maximum Gasteiger partial charge on any atom is 0.403 e. The molecule has 92 valence electrons. The van der Waals surface area contributed by atoms with E-state index in [-0.39, 0.29) is 23.2 Å². The molecule has 0 bridgehead atoms. The largest absolute Gasteiger partial charge is 0.493 e. The average molecular weight is 249 g/mol. The number of nitrogens with one attached hydrogen (secondary N) is 1. The zero-order chi connectivity index (χ0) is 13.3. The average Bonchev–Trinajstić information content (AvgIpc) is 2.60. The van der Waals surface area contributed by atoms with Gasteiger partial charge in [0.2, 0.25) is 5.88 Å². The number of nitro groups is 1. The van der Waals surface area contributed by atoms with Gasteiger partial charge in [0.25, 0.3) is 5.69 Å². The first kappa shape index (κ1) is 11.5. The number of H-pyrrole nitrogens is 1. The van der Waals surface area contributed by atoms with Crippen molar-refractivity contribution in [1.82, 2.24) is 4.98 Å². The summed E-state index contributed by atoms with van der Waals surface area (Å²) in [6.45, 7) is 0. The van der Waals surface area contributed by atoms with Crippen molar-refractivity contribution in [3.05, 3.63) is 28.3 Å². The molecule has 0 saturated heterocycles. The Hall–Kier alpha value is -2.97. The molecule has 0 aliphatic rings. The first-order chi connectivity index (χ1) is 8.49. The van der Waals surface area contributed by atoms with Gasteiger partial charge >= 0.3 is 5.96 Å². The molecule has 2 rings (SSSR count). The predicted octanol–water partition coefficient (Wildman–Crippen LogP) is -0.0608. The summed E-state index contributed by atoms with van der Waals surface area (Å²) in [5.74, 6) is -0.551. The third-order valence-electron chi connectivity index (χ3n) is 2.21. The molecule has 1 aromatic carbocycles. The summed E-state index contributed by atoms with van der Waals surface area (Å²) in [6, 6.07) is 4.04. The van der Waals surface area contributed by atoms with Crippen LogP contribution in [0, 0.1) is 10.1 Å².